The van der Waals surface area contributed by atoms with Gasteiger partial charge in [-0.15, -0.1) is 0 Å². The van der Waals surface area contributed by atoms with Gasteiger partial charge in [-0.1, -0.05) is 30.3 Å². The van der Waals surface area contributed by atoms with E-state index >= 15 is 0 Å². The van der Waals surface area contributed by atoms with E-state index in [1.54, 1.807) is 12.2 Å². The Balaban J connectivity index is 1.31. The zero-order valence-electron chi connectivity index (χ0n) is 17.3. The summed E-state index contributed by atoms with van der Waals surface area (Å²) in [6.07, 6.45) is 6.41. The van der Waals surface area contributed by atoms with Gasteiger partial charge in [0.25, 0.3) is 5.91 Å². The molecule has 8 heteroatoms. The third-order valence-electron chi connectivity index (χ3n) is 5.41. The molecule has 1 amide bonds. The zero-order valence-corrected chi connectivity index (χ0v) is 17.3. The molecule has 0 saturated heterocycles. The number of para-hydroxylation sites is 1. The number of hydrogen-bond donors (Lipinski definition) is 2. The first kappa shape index (κ1) is 20.6. The van der Waals surface area contributed by atoms with Gasteiger partial charge in [0.2, 0.25) is 0 Å². The van der Waals surface area contributed by atoms with Gasteiger partial charge in [-0.05, 0) is 35.9 Å². The van der Waals surface area contributed by atoms with Crippen molar-refractivity contribution in [2.45, 2.75) is 13.0 Å². The number of amides is 1. The summed E-state index contributed by atoms with van der Waals surface area (Å²) in [5.74, 6) is -2.29. The summed E-state index contributed by atoms with van der Waals surface area (Å²) in [5, 5.41) is 7.92. The van der Waals surface area contributed by atoms with E-state index in [0.29, 0.717) is 28.1 Å². The number of aromatic amines is 1. The molecule has 164 valence electrons. The number of nitrogens with zero attached hydrogens (tertiary/aromatic N) is 2. The smallest absolute Gasteiger partial charge is 0.258 e. The van der Waals surface area contributed by atoms with Crippen LogP contribution in [0.3, 0.4) is 0 Å². The Labute approximate surface area is 187 Å². The second-order valence-electron chi connectivity index (χ2n) is 7.74. The van der Waals surface area contributed by atoms with Crippen LogP contribution in [0.5, 0.6) is 0 Å². The number of carbonyl (C=O) groups excluding carboxylic acids is 2. The van der Waals surface area contributed by atoms with Gasteiger partial charge in [-0.25, -0.2) is 8.78 Å². The predicted molar refractivity (Wildman–Crippen MR) is 119 cm³/mol. The average molecular weight is 444 g/mol. The molecule has 0 fully saturated rings. The van der Waals surface area contributed by atoms with Crippen molar-refractivity contribution < 1.29 is 18.4 Å². The molecule has 0 saturated carbocycles. The molecule has 1 aliphatic rings. The molecule has 2 N–H and O–H groups in total. The van der Waals surface area contributed by atoms with E-state index in [-0.39, 0.29) is 24.7 Å². The Kier molecular flexibility index (Phi) is 5.18. The molecule has 0 spiro atoms. The van der Waals surface area contributed by atoms with Crippen molar-refractivity contribution in [1.29, 1.82) is 0 Å². The second kappa shape index (κ2) is 8.31. The minimum atomic E-state index is -0.936. The molecule has 0 unspecified atom stereocenters. The van der Waals surface area contributed by atoms with Crippen LogP contribution in [0, 0.1) is 11.6 Å². The van der Waals surface area contributed by atoms with E-state index in [2.05, 4.69) is 15.4 Å². The summed E-state index contributed by atoms with van der Waals surface area (Å²) in [5.41, 5.74) is 3.45. The first-order valence-corrected chi connectivity index (χ1v) is 10.3. The Hall–Kier alpha value is -4.33. The van der Waals surface area contributed by atoms with E-state index in [0.717, 1.165) is 23.0 Å². The molecule has 2 heterocycles. The highest BCUT2D eigenvalue weighted by Crippen LogP contribution is 2.26. The van der Waals surface area contributed by atoms with Crippen molar-refractivity contribution in [3.8, 4) is 0 Å². The molecule has 2 aromatic heterocycles. The number of ketones is 1. The lowest BCUT2D eigenvalue weighted by molar-refractivity contribution is -0.113. The first-order chi connectivity index (χ1) is 16.0. The van der Waals surface area contributed by atoms with Crippen molar-refractivity contribution in [3.63, 3.8) is 0 Å². The molecule has 1 aliphatic carbocycles. The Morgan fingerprint density at radius 2 is 1.97 bits per heavy atom. The second-order valence-corrected chi connectivity index (χ2v) is 7.74. The maximum absolute atomic E-state index is 13.4. The molecular formula is C25H18F2N4O2. The fourth-order valence-corrected chi connectivity index (χ4v) is 3.74. The number of allylic oxidation sites excluding steroid dienone is 3. The maximum atomic E-state index is 13.4. The summed E-state index contributed by atoms with van der Waals surface area (Å²) < 4.78 is 28.0. The predicted octanol–water partition coefficient (Wildman–Crippen LogP) is 4.36. The summed E-state index contributed by atoms with van der Waals surface area (Å²) in [6.45, 7) is 0.187. The van der Waals surface area contributed by atoms with Crippen molar-refractivity contribution in [1.82, 2.24) is 20.1 Å². The maximum Gasteiger partial charge on any atom is 0.258 e. The molecule has 0 aliphatic heterocycles. The van der Waals surface area contributed by atoms with E-state index < -0.39 is 11.6 Å². The standard InChI is InChI=1S/C25H18F2N4O2/c26-20-7-5-15(9-21(20)27)13-31-14-17(12-28-31)25(33)29-18-6-8-24(32)19(11-18)23-10-16-3-1-2-4-22(16)30-23/h1-7,9-12,14,30H,8,13H2,(H,29,33). The molecule has 4 aromatic rings. The number of nitrogens with one attached hydrogen (secondary N) is 2. The van der Waals surface area contributed by atoms with Crippen LogP contribution in [0.1, 0.15) is 28.0 Å². The van der Waals surface area contributed by atoms with Gasteiger partial charge in [0.15, 0.2) is 17.4 Å². The average Bonchev–Trinajstić information content (AvgIpc) is 3.44. The first-order valence-electron chi connectivity index (χ1n) is 10.3. The van der Waals surface area contributed by atoms with Gasteiger partial charge in [0.05, 0.1) is 24.0 Å². The number of carbonyl (C=O) groups is 2. The SMILES string of the molecule is O=C1CC=C(NC(=O)c2cnn(Cc3ccc(F)c(F)c3)c2)C=C1c1cc2ccccc2[nH]1. The summed E-state index contributed by atoms with van der Waals surface area (Å²) >= 11 is 0. The molecule has 0 bridgehead atoms. The van der Waals surface area contributed by atoms with Crippen molar-refractivity contribution in [2.24, 2.45) is 0 Å². The molecule has 5 rings (SSSR count). The molecule has 2 aromatic carbocycles. The Morgan fingerprint density at radius 3 is 2.79 bits per heavy atom. The minimum Gasteiger partial charge on any atom is -0.354 e. The fraction of sp³-hybridized carbons (Fsp3) is 0.0800. The minimum absolute atomic E-state index is 0.0427. The third-order valence-corrected chi connectivity index (χ3v) is 5.41. The van der Waals surface area contributed by atoms with Gasteiger partial charge < -0.3 is 10.3 Å². The lowest BCUT2D eigenvalue weighted by Gasteiger charge is -2.13. The number of hydrogen-bond acceptors (Lipinski definition) is 3. The van der Waals surface area contributed by atoms with Gasteiger partial charge in [0.1, 0.15) is 0 Å². The molecule has 0 atom stereocenters. The highest BCUT2D eigenvalue weighted by molar-refractivity contribution is 6.23. The van der Waals surface area contributed by atoms with Crippen molar-refractivity contribution in [3.05, 3.63) is 107 Å². The van der Waals surface area contributed by atoms with Crippen LogP contribution in [-0.4, -0.2) is 26.5 Å². The number of aromatic nitrogens is 3. The molecular weight excluding hydrogens is 426 g/mol. The van der Waals surface area contributed by atoms with Crippen LogP contribution in [0.15, 0.2) is 78.8 Å². The largest absolute Gasteiger partial charge is 0.354 e. The highest BCUT2D eigenvalue weighted by atomic mass is 19.2. The van der Waals surface area contributed by atoms with E-state index in [9.17, 15) is 18.4 Å². The van der Waals surface area contributed by atoms with Crippen molar-refractivity contribution >= 4 is 28.2 Å². The van der Waals surface area contributed by atoms with Gasteiger partial charge >= 0.3 is 0 Å². The van der Waals surface area contributed by atoms with Crippen LogP contribution < -0.4 is 5.32 Å². The Morgan fingerprint density at radius 1 is 1.12 bits per heavy atom. The quantitative estimate of drug-likeness (QED) is 0.480. The fourth-order valence-electron chi connectivity index (χ4n) is 3.74. The topological polar surface area (TPSA) is 79.8 Å². The molecule has 6 nitrogen and oxygen atoms in total. The molecule has 33 heavy (non-hydrogen) atoms. The van der Waals surface area contributed by atoms with Crippen LogP contribution >= 0.6 is 0 Å². The van der Waals surface area contributed by atoms with Gasteiger partial charge in [-0.3, -0.25) is 14.3 Å². The summed E-state index contributed by atoms with van der Waals surface area (Å²) in [4.78, 5) is 28.4. The number of benzene rings is 2. The highest BCUT2D eigenvalue weighted by Gasteiger charge is 2.20. The van der Waals surface area contributed by atoms with Crippen LogP contribution in [0.25, 0.3) is 16.5 Å². The lowest BCUT2D eigenvalue weighted by Crippen LogP contribution is -2.23. The van der Waals surface area contributed by atoms with E-state index in [4.69, 9.17) is 0 Å². The van der Waals surface area contributed by atoms with E-state index in [1.165, 1.54) is 23.1 Å². The summed E-state index contributed by atoms with van der Waals surface area (Å²) in [6, 6.07) is 13.2. The third kappa shape index (κ3) is 4.23. The van der Waals surface area contributed by atoms with E-state index in [1.807, 2.05) is 30.3 Å². The number of rotatable bonds is 5. The van der Waals surface area contributed by atoms with Crippen LogP contribution in [0.4, 0.5) is 8.78 Å². The normalized spacial score (nSPS) is 13.7. The lowest BCUT2D eigenvalue weighted by atomic mass is 9.98. The Bertz CT molecular complexity index is 1430. The van der Waals surface area contributed by atoms with Gasteiger partial charge in [0, 0.05) is 34.8 Å². The van der Waals surface area contributed by atoms with Crippen LogP contribution in [-0.2, 0) is 11.3 Å². The van der Waals surface area contributed by atoms with Crippen LogP contribution in [0.2, 0.25) is 0 Å². The number of halogens is 2. The van der Waals surface area contributed by atoms with Crippen molar-refractivity contribution in [2.75, 3.05) is 0 Å². The number of fused-ring (bicyclic) bond motifs is 1. The zero-order chi connectivity index (χ0) is 22.9. The monoisotopic (exact) mass is 444 g/mol. The number of Topliss-reactive ketones (excluding diaryl/α,β-unsaturated/α-hetero) is 1. The number of H-pyrrole nitrogens is 1. The van der Waals surface area contributed by atoms with Gasteiger partial charge in [-0.2, -0.15) is 5.10 Å². The molecule has 0 radical (unpaired) electrons. The summed E-state index contributed by atoms with van der Waals surface area (Å²) in [7, 11) is 0.